The van der Waals surface area contributed by atoms with Crippen molar-refractivity contribution in [2.75, 3.05) is 0 Å². The fourth-order valence-electron chi connectivity index (χ4n) is 8.65. The van der Waals surface area contributed by atoms with Gasteiger partial charge in [-0.1, -0.05) is 119 Å². The van der Waals surface area contributed by atoms with Crippen molar-refractivity contribution in [1.82, 2.24) is 14.5 Å². The van der Waals surface area contributed by atoms with Gasteiger partial charge >= 0.3 is 0 Å². The number of imidazole rings is 1. The predicted octanol–water partition coefficient (Wildman–Crippen LogP) is 13.0. The molecule has 10 aromatic rings. The van der Waals surface area contributed by atoms with Crippen LogP contribution in [0.4, 0.5) is 0 Å². The summed E-state index contributed by atoms with van der Waals surface area (Å²) >= 11 is 0. The maximum Gasteiger partial charge on any atom is 0.299 e. The normalized spacial score (nSPS) is 12.1. The summed E-state index contributed by atoms with van der Waals surface area (Å²) in [5, 5.41) is 5.48. The van der Waals surface area contributed by atoms with Crippen LogP contribution in [0.5, 0.6) is 0 Å². The lowest BCUT2D eigenvalue weighted by Gasteiger charge is -2.21. The molecule has 0 amide bonds. The quantitative estimate of drug-likeness (QED) is 0.160. The van der Waals surface area contributed by atoms with Crippen molar-refractivity contribution >= 4 is 54.6 Å². The van der Waals surface area contributed by atoms with Crippen molar-refractivity contribution in [3.8, 4) is 39.6 Å². The minimum Gasteiger partial charge on any atom is -0.455 e. The third-order valence-corrected chi connectivity index (χ3v) is 11.5. The second-order valence-electron chi connectivity index (χ2n) is 15.8. The number of hydrogen-bond acceptors (Lipinski definition) is 3. The maximum absolute atomic E-state index is 7.02. The van der Waals surface area contributed by atoms with Gasteiger partial charge < -0.3 is 4.42 Å². The zero-order chi connectivity index (χ0) is 38.2. The molecule has 0 fully saturated rings. The Morgan fingerprint density at radius 1 is 0.625 bits per heavy atom. The molecule has 0 unspecified atom stereocenters. The lowest BCUT2D eigenvalue weighted by Crippen LogP contribution is -2.30. The van der Waals surface area contributed by atoms with Crippen LogP contribution < -0.4 is 4.57 Å². The Morgan fingerprint density at radius 2 is 1.34 bits per heavy atom. The van der Waals surface area contributed by atoms with E-state index in [4.69, 9.17) is 14.4 Å². The van der Waals surface area contributed by atoms with Crippen LogP contribution in [0.2, 0.25) is 0 Å². The van der Waals surface area contributed by atoms with Gasteiger partial charge in [0.2, 0.25) is 0 Å². The summed E-state index contributed by atoms with van der Waals surface area (Å²) in [6, 6.07) is 47.8. The maximum atomic E-state index is 7.02. The fourth-order valence-corrected chi connectivity index (χ4v) is 8.65. The standard InChI is InChI=1S/C51H43N4O/c1-30(2)40-25-37(33-14-8-7-9-15-33)26-41(31(3)4)48(40)55-45-19-13-12-18-44(45)54(6)51(55)47-32(5)20-23-39-42-27-38-29-52-50(53-43(38)28-46(42)56-49(39)47)36-22-21-34-16-10-11-17-35(34)24-36/h7-31H,1-6H3/q+1. The predicted molar refractivity (Wildman–Crippen MR) is 232 cm³/mol. The first-order valence-corrected chi connectivity index (χ1v) is 19.6. The molecule has 3 aromatic heterocycles. The van der Waals surface area contributed by atoms with Gasteiger partial charge in [0.1, 0.15) is 16.8 Å². The number of benzene rings is 7. The third kappa shape index (κ3) is 5.33. The molecule has 0 atom stereocenters. The Bertz CT molecular complexity index is 3140. The van der Waals surface area contributed by atoms with Crippen molar-refractivity contribution in [3.63, 3.8) is 0 Å². The number of aryl methyl sites for hydroxylation is 2. The van der Waals surface area contributed by atoms with E-state index < -0.39 is 0 Å². The van der Waals surface area contributed by atoms with E-state index in [2.05, 4.69) is 184 Å². The number of para-hydroxylation sites is 2. The van der Waals surface area contributed by atoms with Crippen LogP contribution in [0.3, 0.4) is 0 Å². The zero-order valence-electron chi connectivity index (χ0n) is 32.6. The summed E-state index contributed by atoms with van der Waals surface area (Å²) in [5.41, 5.74) is 14.5. The molecule has 0 N–H and O–H groups in total. The average Bonchev–Trinajstić information content (AvgIpc) is 3.72. The van der Waals surface area contributed by atoms with E-state index in [1.165, 1.54) is 38.7 Å². The molecule has 7 aromatic carbocycles. The first-order chi connectivity index (χ1) is 27.2. The Kier molecular flexibility index (Phi) is 7.89. The van der Waals surface area contributed by atoms with Gasteiger partial charge in [0.15, 0.2) is 22.4 Å². The van der Waals surface area contributed by atoms with Crippen LogP contribution in [-0.2, 0) is 7.05 Å². The van der Waals surface area contributed by atoms with E-state index in [9.17, 15) is 0 Å². The summed E-state index contributed by atoms with van der Waals surface area (Å²) in [7, 11) is 2.19. The van der Waals surface area contributed by atoms with E-state index in [-0.39, 0.29) is 11.8 Å². The highest BCUT2D eigenvalue weighted by atomic mass is 16.3. The summed E-state index contributed by atoms with van der Waals surface area (Å²) < 4.78 is 11.9. The van der Waals surface area contributed by atoms with Gasteiger partial charge in [-0.15, -0.1) is 0 Å². The molecule has 0 spiro atoms. The van der Waals surface area contributed by atoms with Gasteiger partial charge in [0.25, 0.3) is 5.82 Å². The molecular formula is C51H43N4O+. The second kappa shape index (κ2) is 13.0. The number of rotatable bonds is 6. The molecule has 3 heterocycles. The number of aromatic nitrogens is 4. The first kappa shape index (κ1) is 33.9. The fraction of sp³-hybridized carbons (Fsp3) is 0.157. The summed E-state index contributed by atoms with van der Waals surface area (Å²) in [6.07, 6.45) is 1.94. The number of nitrogens with zero attached hydrogens (tertiary/aromatic N) is 4. The van der Waals surface area contributed by atoms with Gasteiger partial charge in [0, 0.05) is 45.1 Å². The Morgan fingerprint density at radius 3 is 2.11 bits per heavy atom. The van der Waals surface area contributed by atoms with Crippen LogP contribution in [-0.4, -0.2) is 14.5 Å². The molecular weight excluding hydrogens is 685 g/mol. The molecule has 0 bridgehead atoms. The smallest absolute Gasteiger partial charge is 0.299 e. The van der Waals surface area contributed by atoms with Crippen molar-refractivity contribution in [2.45, 2.75) is 46.5 Å². The van der Waals surface area contributed by atoms with Crippen molar-refractivity contribution < 1.29 is 8.98 Å². The van der Waals surface area contributed by atoms with Gasteiger partial charge in [-0.05, 0) is 82.6 Å². The summed E-state index contributed by atoms with van der Waals surface area (Å²) in [6.45, 7) is 11.5. The highest BCUT2D eigenvalue weighted by Crippen LogP contribution is 2.43. The average molecular weight is 728 g/mol. The van der Waals surface area contributed by atoms with E-state index in [1.54, 1.807) is 0 Å². The summed E-state index contributed by atoms with van der Waals surface area (Å²) in [5.74, 6) is 2.35. The van der Waals surface area contributed by atoms with Gasteiger partial charge in [-0.2, -0.15) is 4.57 Å². The van der Waals surface area contributed by atoms with Crippen LogP contribution >= 0.6 is 0 Å². The molecule has 0 saturated heterocycles. The molecule has 0 aliphatic carbocycles. The molecule has 0 aliphatic rings. The van der Waals surface area contributed by atoms with Crippen LogP contribution in [0, 0.1) is 6.92 Å². The largest absolute Gasteiger partial charge is 0.455 e. The van der Waals surface area contributed by atoms with Gasteiger partial charge in [0.05, 0.1) is 12.6 Å². The highest BCUT2D eigenvalue weighted by Gasteiger charge is 2.34. The van der Waals surface area contributed by atoms with Crippen molar-refractivity contribution in [2.24, 2.45) is 7.05 Å². The molecule has 272 valence electrons. The molecule has 0 radical (unpaired) electrons. The second-order valence-corrected chi connectivity index (χ2v) is 15.8. The zero-order valence-corrected chi connectivity index (χ0v) is 32.6. The molecule has 5 heteroatoms. The van der Waals surface area contributed by atoms with Crippen LogP contribution in [0.25, 0.3) is 94.2 Å². The SMILES string of the molecule is Cc1ccc2c(oc3cc4nc(-c5ccc6ccccc6c5)ncc4cc32)c1-c1n(-c2c(C(C)C)cc(-c3ccccc3)cc2C(C)C)c2ccccc2[n+]1C. The van der Waals surface area contributed by atoms with Crippen LogP contribution in [0.1, 0.15) is 56.2 Å². The van der Waals surface area contributed by atoms with E-state index >= 15 is 0 Å². The molecule has 10 rings (SSSR count). The molecule has 0 aliphatic heterocycles. The monoisotopic (exact) mass is 727 g/mol. The minimum atomic E-state index is 0.279. The molecule has 0 saturated carbocycles. The van der Waals surface area contributed by atoms with Crippen molar-refractivity contribution in [1.29, 1.82) is 0 Å². The number of fused-ring (bicyclic) bond motifs is 6. The van der Waals surface area contributed by atoms with Gasteiger partial charge in [-0.25, -0.2) is 14.5 Å². The number of hydrogen-bond donors (Lipinski definition) is 0. The molecule has 5 nitrogen and oxygen atoms in total. The van der Waals surface area contributed by atoms with E-state index in [0.717, 1.165) is 66.4 Å². The minimum absolute atomic E-state index is 0.279. The Balaban J connectivity index is 1.23. The topological polar surface area (TPSA) is 47.7 Å². The lowest BCUT2D eigenvalue weighted by atomic mass is 9.88. The summed E-state index contributed by atoms with van der Waals surface area (Å²) in [4.78, 5) is 9.91. The van der Waals surface area contributed by atoms with E-state index in [0.29, 0.717) is 5.82 Å². The van der Waals surface area contributed by atoms with Crippen molar-refractivity contribution in [3.05, 3.63) is 156 Å². The van der Waals surface area contributed by atoms with E-state index in [1.807, 2.05) is 6.20 Å². The lowest BCUT2D eigenvalue weighted by molar-refractivity contribution is -0.633. The van der Waals surface area contributed by atoms with Crippen LogP contribution in [0.15, 0.2) is 144 Å². The Labute approximate surface area is 326 Å². The third-order valence-electron chi connectivity index (χ3n) is 11.5. The first-order valence-electron chi connectivity index (χ1n) is 19.6. The highest BCUT2D eigenvalue weighted by molar-refractivity contribution is 6.13. The Hall–Kier alpha value is -6.59. The number of furan rings is 1. The van der Waals surface area contributed by atoms with Gasteiger partial charge in [-0.3, -0.25) is 0 Å². The molecule has 56 heavy (non-hydrogen) atoms.